The van der Waals surface area contributed by atoms with Crippen LogP contribution in [0.1, 0.15) is 51.7 Å². The first-order valence-corrected chi connectivity index (χ1v) is 9.28. The number of carbonyl (C=O) groups excluding carboxylic acids is 2. The highest BCUT2D eigenvalue weighted by Gasteiger charge is 2.15. The Hall–Kier alpha value is -3.47. The molecule has 1 atom stereocenters. The maximum Gasteiger partial charge on any atom is 0.257 e. The van der Waals surface area contributed by atoms with Gasteiger partial charge in [-0.3, -0.25) is 14.6 Å². The predicted molar refractivity (Wildman–Crippen MR) is 110 cm³/mol. The third-order valence-electron chi connectivity index (χ3n) is 4.56. The van der Waals surface area contributed by atoms with Gasteiger partial charge in [-0.15, -0.1) is 0 Å². The molecule has 142 valence electrons. The summed E-state index contributed by atoms with van der Waals surface area (Å²) in [5, 5.41) is 5.84. The van der Waals surface area contributed by atoms with Crippen molar-refractivity contribution in [2.24, 2.45) is 0 Å². The minimum Gasteiger partial charge on any atom is -0.345 e. The van der Waals surface area contributed by atoms with Crippen LogP contribution >= 0.6 is 0 Å². The van der Waals surface area contributed by atoms with Crippen molar-refractivity contribution in [2.75, 3.05) is 5.32 Å². The highest BCUT2D eigenvalue weighted by molar-refractivity contribution is 6.06. The summed E-state index contributed by atoms with van der Waals surface area (Å²) >= 11 is 0. The fourth-order valence-corrected chi connectivity index (χ4v) is 2.94. The van der Waals surface area contributed by atoms with E-state index in [1.54, 1.807) is 6.07 Å². The molecule has 0 bridgehead atoms. The molecule has 0 saturated carbocycles. The zero-order valence-corrected chi connectivity index (χ0v) is 16.0. The molecule has 5 nitrogen and oxygen atoms in total. The Morgan fingerprint density at radius 3 is 2.29 bits per heavy atom. The standard InChI is InChI=1S/C23H23N3O2/c1-3-17-9-7-8-12-21(17)26-23(28)20-13-19(14-24-15-20)22(27)25-16(2)18-10-5-4-6-11-18/h4-16H,3H2,1-2H3,(H,25,27)(H,26,28). The highest BCUT2D eigenvalue weighted by Crippen LogP contribution is 2.17. The molecular weight excluding hydrogens is 350 g/mol. The van der Waals surface area contributed by atoms with Crippen LogP contribution in [0.4, 0.5) is 5.69 Å². The number of benzene rings is 2. The second kappa shape index (κ2) is 8.95. The first kappa shape index (κ1) is 19.3. The second-order valence-corrected chi connectivity index (χ2v) is 6.53. The lowest BCUT2D eigenvalue weighted by Gasteiger charge is -2.14. The lowest BCUT2D eigenvalue weighted by atomic mass is 10.1. The molecule has 0 radical (unpaired) electrons. The molecule has 0 saturated heterocycles. The molecule has 0 fully saturated rings. The van der Waals surface area contributed by atoms with Crippen LogP contribution in [0, 0.1) is 0 Å². The van der Waals surface area contributed by atoms with E-state index in [9.17, 15) is 9.59 Å². The van der Waals surface area contributed by atoms with E-state index in [4.69, 9.17) is 0 Å². The van der Waals surface area contributed by atoms with E-state index in [0.717, 1.165) is 23.2 Å². The third-order valence-corrected chi connectivity index (χ3v) is 4.56. The molecule has 0 aliphatic carbocycles. The third kappa shape index (κ3) is 4.62. The van der Waals surface area contributed by atoms with E-state index >= 15 is 0 Å². The summed E-state index contributed by atoms with van der Waals surface area (Å²) in [4.78, 5) is 29.3. The lowest BCUT2D eigenvalue weighted by molar-refractivity contribution is 0.0939. The van der Waals surface area contributed by atoms with E-state index in [1.807, 2.05) is 68.4 Å². The molecule has 28 heavy (non-hydrogen) atoms. The van der Waals surface area contributed by atoms with E-state index in [2.05, 4.69) is 15.6 Å². The number of nitrogens with one attached hydrogen (secondary N) is 2. The van der Waals surface area contributed by atoms with Crippen molar-refractivity contribution in [3.8, 4) is 0 Å². The zero-order chi connectivity index (χ0) is 19.9. The summed E-state index contributed by atoms with van der Waals surface area (Å²) < 4.78 is 0. The van der Waals surface area contributed by atoms with Crippen molar-refractivity contribution >= 4 is 17.5 Å². The molecule has 0 spiro atoms. The molecule has 1 aromatic heterocycles. The predicted octanol–water partition coefficient (Wildman–Crippen LogP) is 4.39. The summed E-state index contributed by atoms with van der Waals surface area (Å²) in [6, 6.07) is 18.8. The van der Waals surface area contributed by atoms with Crippen LogP contribution in [-0.4, -0.2) is 16.8 Å². The topological polar surface area (TPSA) is 71.1 Å². The average Bonchev–Trinajstić information content (AvgIpc) is 2.74. The van der Waals surface area contributed by atoms with Gasteiger partial charge < -0.3 is 10.6 Å². The average molecular weight is 373 g/mol. The number of pyridine rings is 1. The molecule has 5 heteroatoms. The van der Waals surface area contributed by atoms with Crippen LogP contribution in [0.25, 0.3) is 0 Å². The van der Waals surface area contributed by atoms with Crippen LogP contribution < -0.4 is 10.6 Å². The van der Waals surface area contributed by atoms with Gasteiger partial charge in [-0.1, -0.05) is 55.5 Å². The lowest BCUT2D eigenvalue weighted by Crippen LogP contribution is -2.27. The van der Waals surface area contributed by atoms with Gasteiger partial charge >= 0.3 is 0 Å². The van der Waals surface area contributed by atoms with Crippen molar-refractivity contribution in [1.29, 1.82) is 0 Å². The van der Waals surface area contributed by atoms with Gasteiger partial charge in [-0.05, 0) is 36.6 Å². The van der Waals surface area contributed by atoms with E-state index in [-0.39, 0.29) is 17.9 Å². The van der Waals surface area contributed by atoms with Gasteiger partial charge in [0.15, 0.2) is 0 Å². The maximum atomic E-state index is 12.6. The second-order valence-electron chi connectivity index (χ2n) is 6.53. The Morgan fingerprint density at radius 1 is 0.929 bits per heavy atom. The van der Waals surface area contributed by atoms with Crippen molar-refractivity contribution in [1.82, 2.24) is 10.3 Å². The van der Waals surface area contributed by atoms with Crippen LogP contribution in [-0.2, 0) is 6.42 Å². The number of hydrogen-bond acceptors (Lipinski definition) is 3. The SMILES string of the molecule is CCc1ccccc1NC(=O)c1cncc(C(=O)NC(C)c2ccccc2)c1. The number of nitrogens with zero attached hydrogens (tertiary/aromatic N) is 1. The van der Waals surface area contributed by atoms with Gasteiger partial charge in [0.2, 0.25) is 0 Å². The molecule has 1 unspecified atom stereocenters. The Kier molecular flexibility index (Phi) is 6.17. The first-order valence-electron chi connectivity index (χ1n) is 9.28. The van der Waals surface area contributed by atoms with Gasteiger partial charge in [-0.2, -0.15) is 0 Å². The monoisotopic (exact) mass is 373 g/mol. The van der Waals surface area contributed by atoms with Gasteiger partial charge in [0.1, 0.15) is 0 Å². The van der Waals surface area contributed by atoms with E-state index in [1.165, 1.54) is 12.4 Å². The Balaban J connectivity index is 1.72. The van der Waals surface area contributed by atoms with Crippen molar-refractivity contribution in [3.05, 3.63) is 95.3 Å². The number of para-hydroxylation sites is 1. The number of amides is 2. The number of aromatic nitrogens is 1. The van der Waals surface area contributed by atoms with Crippen molar-refractivity contribution in [2.45, 2.75) is 26.3 Å². The fourth-order valence-electron chi connectivity index (χ4n) is 2.94. The van der Waals surface area contributed by atoms with Gasteiger partial charge in [-0.25, -0.2) is 0 Å². The van der Waals surface area contributed by atoms with Gasteiger partial charge in [0, 0.05) is 18.1 Å². The highest BCUT2D eigenvalue weighted by atomic mass is 16.2. The number of hydrogen-bond donors (Lipinski definition) is 2. The normalized spacial score (nSPS) is 11.5. The fraction of sp³-hybridized carbons (Fsp3) is 0.174. The van der Waals surface area contributed by atoms with Crippen LogP contribution in [0.15, 0.2) is 73.1 Å². The Labute approximate surface area is 164 Å². The number of rotatable bonds is 6. The Bertz CT molecular complexity index is 970. The van der Waals surface area contributed by atoms with E-state index < -0.39 is 0 Å². The van der Waals surface area contributed by atoms with Crippen LogP contribution in [0.2, 0.25) is 0 Å². The summed E-state index contributed by atoms with van der Waals surface area (Å²) in [7, 11) is 0. The minimum atomic E-state index is -0.292. The summed E-state index contributed by atoms with van der Waals surface area (Å²) in [6.45, 7) is 3.95. The number of aryl methyl sites for hydroxylation is 1. The van der Waals surface area contributed by atoms with Gasteiger partial charge in [0.05, 0.1) is 17.2 Å². The van der Waals surface area contributed by atoms with Gasteiger partial charge in [0.25, 0.3) is 11.8 Å². The van der Waals surface area contributed by atoms with Crippen LogP contribution in [0.5, 0.6) is 0 Å². The summed E-state index contributed by atoms with van der Waals surface area (Å²) in [5.41, 5.74) is 3.51. The van der Waals surface area contributed by atoms with Crippen LogP contribution in [0.3, 0.4) is 0 Å². The molecule has 3 rings (SSSR count). The summed E-state index contributed by atoms with van der Waals surface area (Å²) in [6.07, 6.45) is 3.74. The molecular formula is C23H23N3O2. The molecule has 2 aromatic carbocycles. The maximum absolute atomic E-state index is 12.6. The zero-order valence-electron chi connectivity index (χ0n) is 16.0. The van der Waals surface area contributed by atoms with E-state index in [0.29, 0.717) is 11.1 Å². The number of carbonyl (C=O) groups is 2. The Morgan fingerprint density at radius 2 is 1.57 bits per heavy atom. The molecule has 0 aliphatic rings. The smallest absolute Gasteiger partial charge is 0.257 e. The molecule has 1 heterocycles. The molecule has 2 amide bonds. The van der Waals surface area contributed by atoms with Crippen molar-refractivity contribution in [3.63, 3.8) is 0 Å². The summed E-state index contributed by atoms with van der Waals surface area (Å²) in [5.74, 6) is -0.563. The quantitative estimate of drug-likeness (QED) is 0.673. The molecule has 0 aliphatic heterocycles. The first-order chi connectivity index (χ1) is 13.6. The van der Waals surface area contributed by atoms with Crippen molar-refractivity contribution < 1.29 is 9.59 Å². The largest absolute Gasteiger partial charge is 0.345 e. The number of anilines is 1. The molecule has 3 aromatic rings. The molecule has 2 N–H and O–H groups in total. The minimum absolute atomic E-state index is 0.150.